The molecular weight excluding hydrogens is 190 g/mol. The normalized spacial score (nSPS) is 10.6. The highest BCUT2D eigenvalue weighted by molar-refractivity contribution is 5.73. The summed E-state index contributed by atoms with van der Waals surface area (Å²) in [6, 6.07) is 9.61. The molecule has 5 nitrogen and oxygen atoms in total. The van der Waals surface area contributed by atoms with Crippen molar-refractivity contribution in [1.29, 1.82) is 5.26 Å². The van der Waals surface area contributed by atoms with Gasteiger partial charge in [0.2, 0.25) is 0 Å². The van der Waals surface area contributed by atoms with Gasteiger partial charge in [0.25, 0.3) is 0 Å². The van der Waals surface area contributed by atoms with E-state index < -0.39 is 0 Å². The molecule has 0 fully saturated rings. The Morgan fingerprint density at radius 1 is 1.47 bits per heavy atom. The molecule has 0 aliphatic rings. The highest BCUT2D eigenvalue weighted by Crippen LogP contribution is 2.08. The number of aromatic nitrogens is 3. The highest BCUT2D eigenvalue weighted by atomic mass is 15.4. The van der Waals surface area contributed by atoms with Crippen LogP contribution in [0.25, 0.3) is 11.0 Å². The van der Waals surface area contributed by atoms with Crippen LogP contribution in [0.4, 0.5) is 0 Å². The first-order valence-electron chi connectivity index (χ1n) is 4.48. The van der Waals surface area contributed by atoms with Crippen molar-refractivity contribution in [2.24, 2.45) is 0 Å². The Kier molecular flexibility index (Phi) is 2.61. The number of rotatable bonds is 3. The Balaban J connectivity index is 2.15. The van der Waals surface area contributed by atoms with Crippen LogP contribution in [0, 0.1) is 11.3 Å². The number of nitriles is 1. The standard InChI is InChI=1S/C10H9N5/c11-6-3-7-12-8-15-10-5-2-1-4-9(10)13-14-15/h1-5,7,12H,8H2. The lowest BCUT2D eigenvalue weighted by molar-refractivity contribution is 0.569. The maximum atomic E-state index is 8.28. The van der Waals surface area contributed by atoms with Crippen molar-refractivity contribution in [2.75, 3.05) is 0 Å². The van der Waals surface area contributed by atoms with Crippen LogP contribution >= 0.6 is 0 Å². The molecule has 0 aliphatic carbocycles. The highest BCUT2D eigenvalue weighted by Gasteiger charge is 2.00. The van der Waals surface area contributed by atoms with Gasteiger partial charge in [0, 0.05) is 12.3 Å². The third-order valence-corrected chi connectivity index (χ3v) is 1.94. The molecule has 2 aromatic rings. The Bertz CT molecular complexity index is 520. The molecule has 15 heavy (non-hydrogen) atoms. The van der Waals surface area contributed by atoms with Crippen LogP contribution in [-0.4, -0.2) is 15.0 Å². The zero-order valence-corrected chi connectivity index (χ0v) is 7.96. The Labute approximate surface area is 86.6 Å². The van der Waals surface area contributed by atoms with Gasteiger partial charge in [0.05, 0.1) is 11.6 Å². The number of benzene rings is 1. The summed E-state index contributed by atoms with van der Waals surface area (Å²) < 4.78 is 1.73. The monoisotopic (exact) mass is 199 g/mol. The second-order valence-electron chi connectivity index (χ2n) is 2.90. The number of allylic oxidation sites excluding steroid dienone is 1. The Morgan fingerprint density at radius 3 is 3.20 bits per heavy atom. The first-order chi connectivity index (χ1) is 7.42. The van der Waals surface area contributed by atoms with E-state index in [9.17, 15) is 0 Å². The maximum Gasteiger partial charge on any atom is 0.113 e. The lowest BCUT2D eigenvalue weighted by Gasteiger charge is -2.00. The third-order valence-electron chi connectivity index (χ3n) is 1.94. The molecule has 1 N–H and O–H groups in total. The summed E-state index contributed by atoms with van der Waals surface area (Å²) in [5.74, 6) is 0. The van der Waals surface area contributed by atoms with Gasteiger partial charge in [0.15, 0.2) is 0 Å². The molecule has 0 saturated carbocycles. The summed E-state index contributed by atoms with van der Waals surface area (Å²) in [5.41, 5.74) is 1.83. The average molecular weight is 199 g/mol. The molecule has 1 aromatic heterocycles. The number of fused-ring (bicyclic) bond motifs is 1. The summed E-state index contributed by atoms with van der Waals surface area (Å²) in [5, 5.41) is 19.2. The van der Waals surface area contributed by atoms with Crippen LogP contribution < -0.4 is 5.32 Å². The van der Waals surface area contributed by atoms with Gasteiger partial charge < -0.3 is 5.32 Å². The molecule has 0 radical (unpaired) electrons. The van der Waals surface area contributed by atoms with Gasteiger partial charge in [-0.25, -0.2) is 4.68 Å². The molecule has 0 aliphatic heterocycles. The summed E-state index contributed by atoms with van der Waals surface area (Å²) in [6.07, 6.45) is 2.95. The fourth-order valence-corrected chi connectivity index (χ4v) is 1.27. The van der Waals surface area contributed by atoms with E-state index in [0.29, 0.717) is 6.67 Å². The van der Waals surface area contributed by atoms with Gasteiger partial charge in [0.1, 0.15) is 12.2 Å². The van der Waals surface area contributed by atoms with E-state index in [1.807, 2.05) is 30.3 Å². The zero-order valence-electron chi connectivity index (χ0n) is 7.96. The fourth-order valence-electron chi connectivity index (χ4n) is 1.27. The van der Waals surface area contributed by atoms with Crippen molar-refractivity contribution < 1.29 is 0 Å². The SMILES string of the molecule is N#CC=CNCn1nnc2ccccc21. The lowest BCUT2D eigenvalue weighted by Crippen LogP contribution is -2.13. The van der Waals surface area contributed by atoms with E-state index in [1.165, 1.54) is 6.08 Å². The molecule has 0 spiro atoms. The molecule has 74 valence electrons. The van der Waals surface area contributed by atoms with Crippen molar-refractivity contribution in [3.05, 3.63) is 36.5 Å². The van der Waals surface area contributed by atoms with Crippen LogP contribution in [0.15, 0.2) is 36.5 Å². The summed E-state index contributed by atoms with van der Waals surface area (Å²) in [4.78, 5) is 0. The molecule has 2 rings (SSSR count). The van der Waals surface area contributed by atoms with Crippen LogP contribution in [0.5, 0.6) is 0 Å². The molecule has 1 heterocycles. The second-order valence-corrected chi connectivity index (χ2v) is 2.90. The molecule has 0 atom stereocenters. The molecule has 5 heteroatoms. The quantitative estimate of drug-likeness (QED) is 0.749. The van der Waals surface area contributed by atoms with Gasteiger partial charge in [-0.1, -0.05) is 17.3 Å². The van der Waals surface area contributed by atoms with Crippen molar-refractivity contribution in [3.63, 3.8) is 0 Å². The lowest BCUT2D eigenvalue weighted by atomic mass is 10.3. The van der Waals surface area contributed by atoms with Gasteiger partial charge in [-0.3, -0.25) is 0 Å². The first kappa shape index (κ1) is 9.21. The Hall–Kier alpha value is -2.35. The van der Waals surface area contributed by atoms with Gasteiger partial charge in [-0.2, -0.15) is 5.26 Å². The van der Waals surface area contributed by atoms with Crippen molar-refractivity contribution >= 4 is 11.0 Å². The minimum Gasteiger partial charge on any atom is -0.372 e. The van der Waals surface area contributed by atoms with E-state index in [1.54, 1.807) is 10.9 Å². The van der Waals surface area contributed by atoms with Crippen LogP contribution in [0.1, 0.15) is 0 Å². The summed E-state index contributed by atoms with van der Waals surface area (Å²) in [7, 11) is 0. The van der Waals surface area contributed by atoms with Gasteiger partial charge in [-0.05, 0) is 12.1 Å². The predicted molar refractivity (Wildman–Crippen MR) is 55.4 cm³/mol. The topological polar surface area (TPSA) is 66.5 Å². The fraction of sp³-hybridized carbons (Fsp3) is 0.100. The predicted octanol–water partition coefficient (Wildman–Crippen LogP) is 1.02. The molecule has 0 unspecified atom stereocenters. The van der Waals surface area contributed by atoms with E-state index in [-0.39, 0.29) is 0 Å². The number of nitrogens with one attached hydrogen (secondary N) is 1. The largest absolute Gasteiger partial charge is 0.372 e. The molecule has 0 bridgehead atoms. The van der Waals surface area contributed by atoms with E-state index >= 15 is 0 Å². The van der Waals surface area contributed by atoms with E-state index in [0.717, 1.165) is 11.0 Å². The molecule has 0 saturated heterocycles. The molecular formula is C10H9N5. The van der Waals surface area contributed by atoms with Gasteiger partial charge >= 0.3 is 0 Å². The van der Waals surface area contributed by atoms with E-state index in [2.05, 4.69) is 15.6 Å². The molecule has 0 amide bonds. The zero-order chi connectivity index (χ0) is 10.5. The number of hydrogen-bond donors (Lipinski definition) is 1. The van der Waals surface area contributed by atoms with Crippen LogP contribution in [0.3, 0.4) is 0 Å². The van der Waals surface area contributed by atoms with Crippen molar-refractivity contribution in [2.45, 2.75) is 6.67 Å². The summed E-state index contributed by atoms with van der Waals surface area (Å²) in [6.45, 7) is 0.499. The number of hydrogen-bond acceptors (Lipinski definition) is 4. The third kappa shape index (κ3) is 1.94. The van der Waals surface area contributed by atoms with Crippen LogP contribution in [0.2, 0.25) is 0 Å². The number of para-hydroxylation sites is 1. The summed E-state index contributed by atoms with van der Waals surface area (Å²) >= 11 is 0. The first-order valence-corrected chi connectivity index (χ1v) is 4.48. The second kappa shape index (κ2) is 4.24. The molecule has 1 aromatic carbocycles. The van der Waals surface area contributed by atoms with Crippen LogP contribution in [-0.2, 0) is 6.67 Å². The van der Waals surface area contributed by atoms with Gasteiger partial charge in [-0.15, -0.1) is 5.10 Å². The smallest absolute Gasteiger partial charge is 0.113 e. The van der Waals surface area contributed by atoms with Crippen molar-refractivity contribution in [1.82, 2.24) is 20.3 Å². The maximum absolute atomic E-state index is 8.28. The van der Waals surface area contributed by atoms with E-state index in [4.69, 9.17) is 5.26 Å². The minimum absolute atomic E-state index is 0.499. The average Bonchev–Trinajstić information content (AvgIpc) is 2.68. The minimum atomic E-state index is 0.499. The number of nitrogens with zero attached hydrogens (tertiary/aromatic N) is 4. The van der Waals surface area contributed by atoms with Crippen molar-refractivity contribution in [3.8, 4) is 6.07 Å². The Morgan fingerprint density at radius 2 is 2.33 bits per heavy atom.